The number of aromatic nitrogens is 1. The summed E-state index contributed by atoms with van der Waals surface area (Å²) in [6.45, 7) is 5.02. The first-order valence-corrected chi connectivity index (χ1v) is 7.00. The third-order valence-corrected chi connectivity index (χ3v) is 3.57. The fourth-order valence-corrected chi connectivity index (χ4v) is 2.71. The van der Waals surface area contributed by atoms with Crippen LogP contribution in [0.15, 0.2) is 18.2 Å². The molecule has 0 saturated carbocycles. The molecule has 1 aromatic rings. The molecule has 5 nitrogen and oxygen atoms in total. The Bertz CT molecular complexity index is 514. The predicted molar refractivity (Wildman–Crippen MR) is 74.7 cm³/mol. The lowest BCUT2D eigenvalue weighted by Crippen LogP contribution is -2.36. The quantitative estimate of drug-likeness (QED) is 0.917. The monoisotopic (exact) mass is 276 g/mol. The molecule has 1 aliphatic rings. The fourth-order valence-electron chi connectivity index (χ4n) is 2.71. The first kappa shape index (κ1) is 14.5. The van der Waals surface area contributed by atoms with Crippen LogP contribution in [0.4, 0.5) is 0 Å². The number of nitrogens with zero attached hydrogens (tertiary/aromatic N) is 2. The molecule has 1 fully saturated rings. The number of carboxylic acid groups (broad SMARTS) is 1. The molecule has 1 unspecified atom stereocenters. The van der Waals surface area contributed by atoms with Crippen LogP contribution in [0.25, 0.3) is 0 Å². The number of hydrogen-bond acceptors (Lipinski definition) is 3. The van der Waals surface area contributed by atoms with Crippen molar-refractivity contribution >= 4 is 11.9 Å². The summed E-state index contributed by atoms with van der Waals surface area (Å²) in [7, 11) is 0. The van der Waals surface area contributed by atoms with Crippen LogP contribution in [0.2, 0.25) is 0 Å². The summed E-state index contributed by atoms with van der Waals surface area (Å²) in [5.74, 6) is -0.734. The second kappa shape index (κ2) is 6.03. The highest BCUT2D eigenvalue weighted by Crippen LogP contribution is 2.24. The number of carboxylic acids is 1. The van der Waals surface area contributed by atoms with Gasteiger partial charge < -0.3 is 10.0 Å². The second-order valence-electron chi connectivity index (χ2n) is 5.64. The SMILES string of the molecule is CC(C)CC1CCCN1C(=O)c1cccc(C(=O)O)n1. The molecule has 1 N–H and O–H groups in total. The Hall–Kier alpha value is -1.91. The van der Waals surface area contributed by atoms with Crippen LogP contribution in [0, 0.1) is 5.92 Å². The van der Waals surface area contributed by atoms with E-state index in [1.807, 2.05) is 4.90 Å². The van der Waals surface area contributed by atoms with Crippen molar-refractivity contribution in [2.24, 2.45) is 5.92 Å². The summed E-state index contributed by atoms with van der Waals surface area (Å²) in [5, 5.41) is 8.94. The van der Waals surface area contributed by atoms with Crippen molar-refractivity contribution in [3.8, 4) is 0 Å². The van der Waals surface area contributed by atoms with Crippen LogP contribution in [0.1, 0.15) is 54.1 Å². The van der Waals surface area contributed by atoms with E-state index in [0.29, 0.717) is 5.92 Å². The van der Waals surface area contributed by atoms with E-state index in [-0.39, 0.29) is 23.3 Å². The van der Waals surface area contributed by atoms with E-state index in [2.05, 4.69) is 18.8 Å². The Balaban J connectivity index is 2.18. The molecule has 2 rings (SSSR count). The van der Waals surface area contributed by atoms with Gasteiger partial charge >= 0.3 is 5.97 Å². The zero-order valence-corrected chi connectivity index (χ0v) is 11.9. The first-order chi connectivity index (χ1) is 9.49. The molecule has 2 heterocycles. The van der Waals surface area contributed by atoms with E-state index in [4.69, 9.17) is 5.11 Å². The topological polar surface area (TPSA) is 70.5 Å². The molecule has 5 heteroatoms. The molecule has 0 bridgehead atoms. The van der Waals surface area contributed by atoms with Gasteiger partial charge in [-0.3, -0.25) is 4.79 Å². The average molecular weight is 276 g/mol. The third-order valence-electron chi connectivity index (χ3n) is 3.57. The number of carbonyl (C=O) groups is 2. The Morgan fingerprint density at radius 3 is 2.75 bits per heavy atom. The standard InChI is InChI=1S/C15H20N2O3/c1-10(2)9-11-5-4-8-17(11)14(18)12-6-3-7-13(16-12)15(19)20/h3,6-7,10-11H,4-5,8-9H2,1-2H3,(H,19,20). The largest absolute Gasteiger partial charge is 0.477 e. The van der Waals surface area contributed by atoms with Crippen molar-refractivity contribution in [2.45, 2.75) is 39.2 Å². The van der Waals surface area contributed by atoms with Crippen LogP contribution in [0.5, 0.6) is 0 Å². The van der Waals surface area contributed by atoms with E-state index in [1.165, 1.54) is 6.07 Å². The van der Waals surface area contributed by atoms with E-state index in [9.17, 15) is 9.59 Å². The van der Waals surface area contributed by atoms with Crippen LogP contribution in [-0.2, 0) is 0 Å². The molecule has 1 atom stereocenters. The van der Waals surface area contributed by atoms with Crippen molar-refractivity contribution in [1.29, 1.82) is 0 Å². The van der Waals surface area contributed by atoms with Crippen LogP contribution in [0.3, 0.4) is 0 Å². The van der Waals surface area contributed by atoms with Gasteiger partial charge in [-0.05, 0) is 37.3 Å². The van der Waals surface area contributed by atoms with Crippen molar-refractivity contribution in [1.82, 2.24) is 9.88 Å². The number of aromatic carboxylic acids is 1. The van der Waals surface area contributed by atoms with Gasteiger partial charge in [0.1, 0.15) is 11.4 Å². The predicted octanol–water partition coefficient (Wildman–Crippen LogP) is 2.43. The van der Waals surface area contributed by atoms with Gasteiger partial charge in [0.05, 0.1) is 0 Å². The van der Waals surface area contributed by atoms with Crippen molar-refractivity contribution in [3.63, 3.8) is 0 Å². The summed E-state index contributed by atoms with van der Waals surface area (Å²) in [4.78, 5) is 29.2. The first-order valence-electron chi connectivity index (χ1n) is 7.00. The van der Waals surface area contributed by atoms with Gasteiger partial charge in [-0.25, -0.2) is 9.78 Å². The van der Waals surface area contributed by atoms with Crippen LogP contribution < -0.4 is 0 Å². The minimum Gasteiger partial charge on any atom is -0.477 e. The molecular weight excluding hydrogens is 256 g/mol. The molecule has 20 heavy (non-hydrogen) atoms. The Labute approximate surface area is 118 Å². The van der Waals surface area contributed by atoms with Gasteiger partial charge in [-0.2, -0.15) is 0 Å². The van der Waals surface area contributed by atoms with E-state index in [0.717, 1.165) is 25.8 Å². The summed E-state index contributed by atoms with van der Waals surface area (Å²) >= 11 is 0. The molecule has 0 aromatic carbocycles. The van der Waals surface area contributed by atoms with Gasteiger partial charge in [-0.15, -0.1) is 0 Å². The summed E-state index contributed by atoms with van der Waals surface area (Å²) in [6, 6.07) is 4.80. The number of hydrogen-bond donors (Lipinski definition) is 1. The highest BCUT2D eigenvalue weighted by Gasteiger charge is 2.30. The summed E-state index contributed by atoms with van der Waals surface area (Å²) < 4.78 is 0. The lowest BCUT2D eigenvalue weighted by atomic mass is 10.0. The molecule has 0 spiro atoms. The molecule has 108 valence electrons. The maximum Gasteiger partial charge on any atom is 0.354 e. The van der Waals surface area contributed by atoms with Crippen molar-refractivity contribution in [2.75, 3.05) is 6.54 Å². The Morgan fingerprint density at radius 2 is 2.10 bits per heavy atom. The summed E-state index contributed by atoms with van der Waals surface area (Å²) in [5.41, 5.74) is 0.135. The zero-order chi connectivity index (χ0) is 14.7. The highest BCUT2D eigenvalue weighted by atomic mass is 16.4. The molecular formula is C15H20N2O3. The molecule has 0 aliphatic carbocycles. The second-order valence-corrected chi connectivity index (χ2v) is 5.64. The lowest BCUT2D eigenvalue weighted by Gasteiger charge is -2.25. The number of amides is 1. The van der Waals surface area contributed by atoms with Gasteiger partial charge in [0.2, 0.25) is 0 Å². The normalized spacial score (nSPS) is 18.6. The lowest BCUT2D eigenvalue weighted by molar-refractivity contribution is 0.0689. The molecule has 1 saturated heterocycles. The minimum atomic E-state index is -1.11. The van der Waals surface area contributed by atoms with Gasteiger partial charge in [0.25, 0.3) is 5.91 Å². The Morgan fingerprint density at radius 1 is 1.40 bits per heavy atom. The maximum atomic E-state index is 12.5. The smallest absolute Gasteiger partial charge is 0.354 e. The zero-order valence-electron chi connectivity index (χ0n) is 11.9. The Kier molecular flexibility index (Phi) is 4.37. The number of pyridine rings is 1. The molecule has 1 aromatic heterocycles. The number of carbonyl (C=O) groups excluding carboxylic acids is 1. The fraction of sp³-hybridized carbons (Fsp3) is 0.533. The van der Waals surface area contributed by atoms with E-state index >= 15 is 0 Å². The molecule has 1 aliphatic heterocycles. The van der Waals surface area contributed by atoms with Crippen molar-refractivity contribution < 1.29 is 14.7 Å². The van der Waals surface area contributed by atoms with Gasteiger partial charge in [-0.1, -0.05) is 19.9 Å². The number of rotatable bonds is 4. The van der Waals surface area contributed by atoms with E-state index in [1.54, 1.807) is 12.1 Å². The highest BCUT2D eigenvalue weighted by molar-refractivity contribution is 5.94. The van der Waals surface area contributed by atoms with Gasteiger partial charge in [0, 0.05) is 12.6 Å². The molecule has 0 radical (unpaired) electrons. The van der Waals surface area contributed by atoms with Crippen LogP contribution >= 0.6 is 0 Å². The minimum absolute atomic E-state index is 0.0875. The van der Waals surface area contributed by atoms with Crippen molar-refractivity contribution in [3.05, 3.63) is 29.6 Å². The average Bonchev–Trinajstić information content (AvgIpc) is 2.85. The third kappa shape index (κ3) is 3.15. The maximum absolute atomic E-state index is 12.5. The molecule has 1 amide bonds. The summed E-state index contributed by atoms with van der Waals surface area (Å²) in [6.07, 6.45) is 2.99. The van der Waals surface area contributed by atoms with Gasteiger partial charge in [0.15, 0.2) is 0 Å². The number of likely N-dealkylation sites (tertiary alicyclic amines) is 1. The van der Waals surface area contributed by atoms with E-state index < -0.39 is 5.97 Å². The van der Waals surface area contributed by atoms with Crippen LogP contribution in [-0.4, -0.2) is 39.5 Å².